The number of amides is 1. The monoisotopic (exact) mass is 316 g/mol. The second-order valence-electron chi connectivity index (χ2n) is 8.10. The molecular weight excluding hydrogens is 284 g/mol. The molecule has 1 aromatic rings. The molecule has 1 aliphatic rings. The quantitative estimate of drug-likeness (QED) is 0.917. The molecule has 1 aromatic carbocycles. The van der Waals surface area contributed by atoms with Crippen molar-refractivity contribution < 1.29 is 4.79 Å². The molecule has 0 aromatic heterocycles. The van der Waals surface area contributed by atoms with Crippen molar-refractivity contribution in [1.82, 2.24) is 10.2 Å². The molecule has 0 aliphatic carbocycles. The Balaban J connectivity index is 1.97. The van der Waals surface area contributed by atoms with Crippen molar-refractivity contribution in [1.29, 1.82) is 0 Å². The van der Waals surface area contributed by atoms with E-state index in [1.54, 1.807) is 6.92 Å². The molecule has 1 heterocycles. The Labute approximate surface area is 141 Å². The van der Waals surface area contributed by atoms with Crippen molar-refractivity contribution in [2.75, 3.05) is 13.1 Å². The molecule has 3 heteroatoms. The molecule has 1 amide bonds. The molecule has 3 nitrogen and oxygen atoms in total. The van der Waals surface area contributed by atoms with E-state index in [2.05, 4.69) is 64.2 Å². The van der Waals surface area contributed by atoms with Crippen molar-refractivity contribution in [2.24, 2.45) is 5.92 Å². The van der Waals surface area contributed by atoms with E-state index < -0.39 is 0 Å². The van der Waals surface area contributed by atoms with Crippen LogP contribution >= 0.6 is 0 Å². The molecule has 0 saturated carbocycles. The van der Waals surface area contributed by atoms with Gasteiger partial charge in [0.2, 0.25) is 5.91 Å². The summed E-state index contributed by atoms with van der Waals surface area (Å²) in [4.78, 5) is 13.5. The lowest BCUT2D eigenvalue weighted by atomic mass is 9.86. The maximum absolute atomic E-state index is 11.5. The fraction of sp³-hybridized carbons (Fsp3) is 0.650. The third-order valence-electron chi connectivity index (χ3n) is 5.09. The minimum Gasteiger partial charge on any atom is -0.343 e. The SMILES string of the molecule is CC(=O)N1CC[C@H](N[C@H](C)c2ccc(C(C)(C)C)cc2)[C@H](C)C1. The number of hydrogen-bond acceptors (Lipinski definition) is 2. The maximum atomic E-state index is 11.5. The standard InChI is InChI=1S/C20H32N2O/c1-14-13-22(16(3)23)12-11-19(14)21-15(2)17-7-9-18(10-8-17)20(4,5)6/h7-10,14-15,19,21H,11-13H2,1-6H3/t14-,15-,19+/m1/s1. The van der Waals surface area contributed by atoms with Crippen molar-refractivity contribution >= 4 is 5.91 Å². The molecule has 3 atom stereocenters. The first-order chi connectivity index (χ1) is 10.7. The summed E-state index contributed by atoms with van der Waals surface area (Å²) in [6.45, 7) is 14.6. The molecule has 2 rings (SSSR count). The second kappa shape index (κ2) is 7.04. The minimum absolute atomic E-state index is 0.195. The van der Waals surface area contributed by atoms with Crippen LogP contribution in [-0.2, 0) is 10.2 Å². The van der Waals surface area contributed by atoms with E-state index >= 15 is 0 Å². The normalized spacial score (nSPS) is 23.7. The Hall–Kier alpha value is -1.35. The van der Waals surface area contributed by atoms with Gasteiger partial charge in [0.1, 0.15) is 0 Å². The molecule has 1 N–H and O–H groups in total. The summed E-state index contributed by atoms with van der Waals surface area (Å²) in [6.07, 6.45) is 1.03. The number of hydrogen-bond donors (Lipinski definition) is 1. The third-order valence-corrected chi connectivity index (χ3v) is 5.09. The Kier molecular flexibility index (Phi) is 5.51. The summed E-state index contributed by atoms with van der Waals surface area (Å²) in [6, 6.07) is 9.79. The van der Waals surface area contributed by atoms with Gasteiger partial charge >= 0.3 is 0 Å². The molecule has 0 radical (unpaired) electrons. The van der Waals surface area contributed by atoms with Crippen LogP contribution in [0, 0.1) is 5.92 Å². The molecule has 0 unspecified atom stereocenters. The van der Waals surface area contributed by atoms with Gasteiger partial charge in [-0.15, -0.1) is 0 Å². The van der Waals surface area contributed by atoms with Crippen LogP contribution in [0.3, 0.4) is 0 Å². The summed E-state index contributed by atoms with van der Waals surface area (Å²) < 4.78 is 0. The number of carbonyl (C=O) groups excluding carboxylic acids is 1. The summed E-state index contributed by atoms with van der Waals surface area (Å²) in [5, 5.41) is 3.76. The maximum Gasteiger partial charge on any atom is 0.219 e. The van der Waals surface area contributed by atoms with Crippen LogP contribution in [0.2, 0.25) is 0 Å². The summed E-state index contributed by atoms with van der Waals surface area (Å²) in [5.41, 5.74) is 2.90. The second-order valence-corrected chi connectivity index (χ2v) is 8.10. The predicted octanol–water partition coefficient (Wildman–Crippen LogP) is 3.89. The van der Waals surface area contributed by atoms with Gasteiger partial charge in [-0.1, -0.05) is 52.0 Å². The molecular formula is C20H32N2O. The van der Waals surface area contributed by atoms with E-state index in [1.807, 2.05) is 4.90 Å². The van der Waals surface area contributed by atoms with Crippen LogP contribution in [0.1, 0.15) is 65.1 Å². The Bertz CT molecular complexity index is 530. The number of likely N-dealkylation sites (tertiary alicyclic amines) is 1. The van der Waals surface area contributed by atoms with Gasteiger partial charge in [0, 0.05) is 32.1 Å². The van der Waals surface area contributed by atoms with Crippen LogP contribution in [0.15, 0.2) is 24.3 Å². The lowest BCUT2D eigenvalue weighted by molar-refractivity contribution is -0.130. The lowest BCUT2D eigenvalue weighted by Crippen LogP contribution is -2.50. The minimum atomic E-state index is 0.195. The average Bonchev–Trinajstić information content (AvgIpc) is 2.48. The van der Waals surface area contributed by atoms with E-state index in [1.165, 1.54) is 11.1 Å². The molecule has 23 heavy (non-hydrogen) atoms. The fourth-order valence-electron chi connectivity index (χ4n) is 3.37. The Morgan fingerprint density at radius 1 is 1.26 bits per heavy atom. The van der Waals surface area contributed by atoms with Crippen molar-refractivity contribution in [3.05, 3.63) is 35.4 Å². The van der Waals surface area contributed by atoms with Gasteiger partial charge in [-0.2, -0.15) is 0 Å². The van der Waals surface area contributed by atoms with Crippen molar-refractivity contribution in [3.8, 4) is 0 Å². The van der Waals surface area contributed by atoms with E-state index in [9.17, 15) is 4.79 Å². The molecule has 1 saturated heterocycles. The summed E-state index contributed by atoms with van der Waals surface area (Å²) >= 11 is 0. The van der Waals surface area contributed by atoms with E-state index in [0.717, 1.165) is 19.5 Å². The fourth-order valence-corrected chi connectivity index (χ4v) is 3.37. The van der Waals surface area contributed by atoms with E-state index in [0.29, 0.717) is 18.0 Å². The number of nitrogens with one attached hydrogen (secondary N) is 1. The molecule has 0 spiro atoms. The van der Waals surface area contributed by atoms with E-state index in [4.69, 9.17) is 0 Å². The lowest BCUT2D eigenvalue weighted by Gasteiger charge is -2.38. The molecule has 1 fully saturated rings. The van der Waals surface area contributed by atoms with E-state index in [-0.39, 0.29) is 11.3 Å². The number of nitrogens with zero attached hydrogens (tertiary/aromatic N) is 1. The summed E-state index contributed by atoms with van der Waals surface area (Å²) in [7, 11) is 0. The number of benzene rings is 1. The third kappa shape index (κ3) is 4.57. The van der Waals surface area contributed by atoms with Gasteiger partial charge in [0.15, 0.2) is 0 Å². The zero-order valence-corrected chi connectivity index (χ0v) is 15.5. The highest BCUT2D eigenvalue weighted by Gasteiger charge is 2.28. The number of piperidine rings is 1. The van der Waals surface area contributed by atoms with Gasteiger partial charge in [0.05, 0.1) is 0 Å². The first-order valence-corrected chi connectivity index (χ1v) is 8.80. The number of carbonyl (C=O) groups is 1. The van der Waals surface area contributed by atoms with Crippen LogP contribution in [-0.4, -0.2) is 29.9 Å². The topological polar surface area (TPSA) is 32.3 Å². The predicted molar refractivity (Wildman–Crippen MR) is 96.5 cm³/mol. The van der Waals surface area contributed by atoms with Crippen molar-refractivity contribution in [3.63, 3.8) is 0 Å². The zero-order valence-electron chi connectivity index (χ0n) is 15.5. The van der Waals surface area contributed by atoms with Crippen LogP contribution in [0.25, 0.3) is 0 Å². The van der Waals surface area contributed by atoms with Crippen molar-refractivity contribution in [2.45, 2.75) is 65.5 Å². The number of rotatable bonds is 3. The highest BCUT2D eigenvalue weighted by Crippen LogP contribution is 2.25. The largest absolute Gasteiger partial charge is 0.343 e. The van der Waals surface area contributed by atoms with Gasteiger partial charge in [-0.25, -0.2) is 0 Å². The van der Waals surface area contributed by atoms with Gasteiger partial charge in [-0.3, -0.25) is 4.79 Å². The Morgan fingerprint density at radius 3 is 2.35 bits per heavy atom. The highest BCUT2D eigenvalue weighted by molar-refractivity contribution is 5.73. The smallest absolute Gasteiger partial charge is 0.219 e. The zero-order chi connectivity index (χ0) is 17.2. The van der Waals surface area contributed by atoms with Gasteiger partial charge in [0.25, 0.3) is 0 Å². The van der Waals surface area contributed by atoms with Crippen LogP contribution < -0.4 is 5.32 Å². The molecule has 0 bridgehead atoms. The molecule has 1 aliphatic heterocycles. The average molecular weight is 316 g/mol. The first kappa shape index (κ1) is 18.0. The highest BCUT2D eigenvalue weighted by atomic mass is 16.2. The molecule has 128 valence electrons. The summed E-state index contributed by atoms with van der Waals surface area (Å²) in [5.74, 6) is 0.685. The van der Waals surface area contributed by atoms with Crippen LogP contribution in [0.4, 0.5) is 0 Å². The van der Waals surface area contributed by atoms with Gasteiger partial charge < -0.3 is 10.2 Å². The van der Waals surface area contributed by atoms with Gasteiger partial charge in [-0.05, 0) is 35.8 Å². The Morgan fingerprint density at radius 2 is 1.87 bits per heavy atom. The first-order valence-electron chi connectivity index (χ1n) is 8.80. The van der Waals surface area contributed by atoms with Crippen LogP contribution in [0.5, 0.6) is 0 Å².